The van der Waals surface area contributed by atoms with Crippen molar-refractivity contribution < 1.29 is 9.53 Å². The van der Waals surface area contributed by atoms with Crippen LogP contribution in [0.2, 0.25) is 0 Å². The van der Waals surface area contributed by atoms with E-state index < -0.39 is 0 Å². The van der Waals surface area contributed by atoms with Crippen molar-refractivity contribution >= 4 is 29.0 Å². The minimum Gasteiger partial charge on any atom is -0.377 e. The van der Waals surface area contributed by atoms with Gasteiger partial charge in [0.2, 0.25) is 0 Å². The summed E-state index contributed by atoms with van der Waals surface area (Å²) < 4.78 is 7.01. The fraction of sp³-hybridized carbons (Fsp3) is 0.500. The standard InChI is InChI=1S/C16H18N4O3S2/c1-9-17-13(8-25-9)16(22)18-12-5-23-6-14(12)20-15(21)4-10-7-24-3-2-11(10)19-20/h4,8,12,14H,2-3,5-7H2,1H3,(H,18,22). The Morgan fingerprint density at radius 3 is 3.12 bits per heavy atom. The molecule has 132 valence electrons. The summed E-state index contributed by atoms with van der Waals surface area (Å²) in [5.41, 5.74) is 2.26. The van der Waals surface area contributed by atoms with Crippen LogP contribution >= 0.6 is 23.1 Å². The van der Waals surface area contributed by atoms with Crippen molar-refractivity contribution in [1.82, 2.24) is 20.1 Å². The summed E-state index contributed by atoms with van der Waals surface area (Å²) in [6.45, 7) is 2.58. The average molecular weight is 378 g/mol. The van der Waals surface area contributed by atoms with Gasteiger partial charge < -0.3 is 10.1 Å². The van der Waals surface area contributed by atoms with Crippen LogP contribution in [0.1, 0.15) is 32.8 Å². The highest BCUT2D eigenvalue weighted by Gasteiger charge is 2.33. The molecule has 2 aromatic rings. The number of thioether (sulfide) groups is 1. The Morgan fingerprint density at radius 2 is 2.32 bits per heavy atom. The number of rotatable bonds is 3. The topological polar surface area (TPSA) is 86.1 Å². The molecule has 1 N–H and O–H groups in total. The first-order chi connectivity index (χ1) is 12.1. The zero-order valence-electron chi connectivity index (χ0n) is 13.7. The van der Waals surface area contributed by atoms with Gasteiger partial charge in [0.15, 0.2) is 0 Å². The number of thiazole rings is 1. The summed E-state index contributed by atoms with van der Waals surface area (Å²) in [5.74, 6) is 1.61. The van der Waals surface area contributed by atoms with E-state index in [1.54, 1.807) is 11.4 Å². The van der Waals surface area contributed by atoms with Gasteiger partial charge in [-0.05, 0) is 18.2 Å². The number of hydrogen-bond acceptors (Lipinski definition) is 7. The third-order valence-corrected chi connectivity index (χ3v) is 6.18. The Labute approximate surface area is 152 Å². The van der Waals surface area contributed by atoms with E-state index in [0.29, 0.717) is 18.9 Å². The van der Waals surface area contributed by atoms with Crippen LogP contribution in [0.4, 0.5) is 0 Å². The van der Waals surface area contributed by atoms with Crippen molar-refractivity contribution in [2.45, 2.75) is 31.2 Å². The van der Waals surface area contributed by atoms with Crippen LogP contribution in [0.15, 0.2) is 16.2 Å². The minimum atomic E-state index is -0.296. The van der Waals surface area contributed by atoms with Crippen LogP contribution in [0.3, 0.4) is 0 Å². The number of fused-ring (bicyclic) bond motifs is 1. The smallest absolute Gasteiger partial charge is 0.271 e. The Bertz CT molecular complexity index is 863. The molecule has 2 aliphatic heterocycles. The molecule has 0 radical (unpaired) electrons. The van der Waals surface area contributed by atoms with Crippen LogP contribution in [-0.4, -0.2) is 45.7 Å². The first-order valence-corrected chi connectivity index (χ1v) is 10.2. The van der Waals surface area contributed by atoms with E-state index >= 15 is 0 Å². The van der Waals surface area contributed by atoms with E-state index in [1.165, 1.54) is 16.0 Å². The summed E-state index contributed by atoms with van der Waals surface area (Å²) in [6.07, 6.45) is 0.864. The lowest BCUT2D eigenvalue weighted by Crippen LogP contribution is -2.44. The Hall–Kier alpha value is -1.71. The predicted octanol–water partition coefficient (Wildman–Crippen LogP) is 1.17. The molecule has 0 bridgehead atoms. The molecule has 7 nitrogen and oxygen atoms in total. The van der Waals surface area contributed by atoms with E-state index in [-0.39, 0.29) is 23.6 Å². The van der Waals surface area contributed by atoms with E-state index in [1.807, 2.05) is 18.7 Å². The van der Waals surface area contributed by atoms with Gasteiger partial charge in [-0.2, -0.15) is 16.9 Å². The molecule has 2 aliphatic rings. The van der Waals surface area contributed by atoms with Crippen LogP contribution in [0.5, 0.6) is 0 Å². The monoisotopic (exact) mass is 378 g/mol. The molecule has 4 rings (SSSR count). The molecule has 2 atom stereocenters. The number of aromatic nitrogens is 3. The van der Waals surface area contributed by atoms with Gasteiger partial charge in [0.05, 0.1) is 30.0 Å². The number of ether oxygens (including phenoxy) is 1. The van der Waals surface area contributed by atoms with Crippen molar-refractivity contribution in [1.29, 1.82) is 0 Å². The molecule has 9 heteroatoms. The highest BCUT2D eigenvalue weighted by molar-refractivity contribution is 7.98. The number of carbonyl (C=O) groups excluding carboxylic acids is 1. The van der Waals surface area contributed by atoms with Crippen molar-refractivity contribution in [3.63, 3.8) is 0 Å². The molecule has 0 spiro atoms. The number of nitrogens with zero attached hydrogens (tertiary/aromatic N) is 3. The molecule has 1 fully saturated rings. The molecule has 1 amide bonds. The second kappa shape index (κ2) is 6.89. The SMILES string of the molecule is Cc1nc(C(=O)NC2COCC2n2nc3c(cc2=O)CSCC3)cs1. The fourth-order valence-corrected chi connectivity index (χ4v) is 4.64. The first-order valence-electron chi connectivity index (χ1n) is 8.12. The second-order valence-electron chi connectivity index (χ2n) is 6.14. The van der Waals surface area contributed by atoms with Crippen molar-refractivity contribution in [2.24, 2.45) is 0 Å². The molecule has 2 unspecified atom stereocenters. The third kappa shape index (κ3) is 3.36. The summed E-state index contributed by atoms with van der Waals surface area (Å²) in [6, 6.07) is 1.09. The molecule has 0 saturated carbocycles. The third-order valence-electron chi connectivity index (χ3n) is 4.40. The van der Waals surface area contributed by atoms with Crippen LogP contribution in [-0.2, 0) is 16.9 Å². The van der Waals surface area contributed by atoms with Gasteiger partial charge in [-0.15, -0.1) is 11.3 Å². The normalized spacial score (nSPS) is 22.6. The van der Waals surface area contributed by atoms with E-state index in [0.717, 1.165) is 34.2 Å². The number of amides is 1. The van der Waals surface area contributed by atoms with Gasteiger partial charge in [-0.1, -0.05) is 0 Å². The second-order valence-corrected chi connectivity index (χ2v) is 8.31. The van der Waals surface area contributed by atoms with Crippen LogP contribution in [0, 0.1) is 6.92 Å². The van der Waals surface area contributed by atoms with Crippen LogP contribution < -0.4 is 10.9 Å². The van der Waals surface area contributed by atoms with E-state index in [9.17, 15) is 9.59 Å². The van der Waals surface area contributed by atoms with Gasteiger partial charge >= 0.3 is 0 Å². The van der Waals surface area contributed by atoms with E-state index in [2.05, 4.69) is 15.4 Å². The lowest BCUT2D eigenvalue weighted by atomic mass is 10.1. The molecule has 25 heavy (non-hydrogen) atoms. The number of nitrogens with one attached hydrogen (secondary N) is 1. The van der Waals surface area contributed by atoms with Crippen molar-refractivity contribution in [3.8, 4) is 0 Å². The van der Waals surface area contributed by atoms with Crippen molar-refractivity contribution in [3.05, 3.63) is 43.8 Å². The van der Waals surface area contributed by atoms with Gasteiger partial charge in [-0.25, -0.2) is 9.67 Å². The number of carbonyl (C=O) groups is 1. The maximum atomic E-state index is 12.5. The van der Waals surface area contributed by atoms with Crippen LogP contribution in [0.25, 0.3) is 0 Å². The predicted molar refractivity (Wildman–Crippen MR) is 96.3 cm³/mol. The zero-order chi connectivity index (χ0) is 17.4. The zero-order valence-corrected chi connectivity index (χ0v) is 15.4. The van der Waals surface area contributed by atoms with Gasteiger partial charge in [0.25, 0.3) is 11.5 Å². The summed E-state index contributed by atoms with van der Waals surface area (Å²) in [5, 5.41) is 10.1. The molecular formula is C16H18N4O3S2. The summed E-state index contributed by atoms with van der Waals surface area (Å²) in [7, 11) is 0. The average Bonchev–Trinajstić information content (AvgIpc) is 3.23. The molecule has 0 aliphatic carbocycles. The molecule has 4 heterocycles. The van der Waals surface area contributed by atoms with Gasteiger partial charge in [-0.3, -0.25) is 9.59 Å². The molecule has 0 aromatic carbocycles. The summed E-state index contributed by atoms with van der Waals surface area (Å²) in [4.78, 5) is 29.1. The van der Waals surface area contributed by atoms with Gasteiger partial charge in [0.1, 0.15) is 11.7 Å². The summed E-state index contributed by atoms with van der Waals surface area (Å²) >= 11 is 3.25. The largest absolute Gasteiger partial charge is 0.377 e. The first kappa shape index (κ1) is 16.7. The Kier molecular flexibility index (Phi) is 4.61. The molecular weight excluding hydrogens is 360 g/mol. The fourth-order valence-electron chi connectivity index (χ4n) is 3.10. The minimum absolute atomic E-state index is 0.138. The maximum absolute atomic E-state index is 12.5. The highest BCUT2D eigenvalue weighted by Crippen LogP contribution is 2.23. The number of aryl methyl sites for hydroxylation is 2. The molecule has 2 aromatic heterocycles. The molecule has 1 saturated heterocycles. The highest BCUT2D eigenvalue weighted by atomic mass is 32.2. The maximum Gasteiger partial charge on any atom is 0.271 e. The lowest BCUT2D eigenvalue weighted by molar-refractivity contribution is 0.0920. The lowest BCUT2D eigenvalue weighted by Gasteiger charge is -2.22. The van der Waals surface area contributed by atoms with E-state index in [4.69, 9.17) is 4.74 Å². The quantitative estimate of drug-likeness (QED) is 0.863. The Balaban J connectivity index is 1.57. The van der Waals surface area contributed by atoms with Crippen molar-refractivity contribution in [2.75, 3.05) is 19.0 Å². The van der Waals surface area contributed by atoms with Gasteiger partial charge in [0, 0.05) is 23.6 Å². The number of hydrogen-bond donors (Lipinski definition) is 1. The Morgan fingerprint density at radius 1 is 1.44 bits per heavy atom.